The van der Waals surface area contributed by atoms with E-state index in [-0.39, 0.29) is 24.3 Å². The van der Waals surface area contributed by atoms with Gasteiger partial charge in [0, 0.05) is 25.6 Å². The van der Waals surface area contributed by atoms with Crippen molar-refractivity contribution < 1.29 is 9.59 Å². The van der Waals surface area contributed by atoms with E-state index in [9.17, 15) is 9.59 Å². The van der Waals surface area contributed by atoms with Gasteiger partial charge in [0.25, 0.3) is 0 Å². The second kappa shape index (κ2) is 10.3. The lowest BCUT2D eigenvalue weighted by Gasteiger charge is -2.31. The van der Waals surface area contributed by atoms with E-state index >= 15 is 0 Å². The van der Waals surface area contributed by atoms with E-state index in [0.717, 1.165) is 44.3 Å². The summed E-state index contributed by atoms with van der Waals surface area (Å²) >= 11 is 6.08. The molecule has 1 fully saturated rings. The number of piperidine rings is 1. The minimum absolute atomic E-state index is 0.0298. The number of nitrogens with one attached hydrogen (secondary N) is 2. The number of carbonyl (C=O) groups excluding carboxylic acids is 2. The number of hydrogen-bond donors (Lipinski definition) is 2. The number of rotatable bonds is 8. The summed E-state index contributed by atoms with van der Waals surface area (Å²) in [6, 6.07) is 7.38. The highest BCUT2D eigenvalue weighted by Gasteiger charge is 2.26. The Balaban J connectivity index is 1.69. The maximum atomic E-state index is 12.3. The molecule has 1 aromatic carbocycles. The van der Waals surface area contributed by atoms with Gasteiger partial charge in [0.05, 0.1) is 17.3 Å². The molecule has 2 N–H and O–H groups in total. The number of anilines is 1. The molecule has 138 valence electrons. The minimum Gasteiger partial charge on any atom is -0.375 e. The minimum atomic E-state index is 0.0298. The van der Waals surface area contributed by atoms with Crippen molar-refractivity contribution in [2.75, 3.05) is 31.5 Å². The molecular formula is C19H28ClN3O2. The molecule has 0 saturated carbocycles. The zero-order chi connectivity index (χ0) is 18.1. The van der Waals surface area contributed by atoms with Crippen molar-refractivity contribution in [1.82, 2.24) is 10.2 Å². The summed E-state index contributed by atoms with van der Waals surface area (Å²) in [4.78, 5) is 26.3. The monoisotopic (exact) mass is 365 g/mol. The number of halogens is 1. The van der Waals surface area contributed by atoms with Crippen molar-refractivity contribution >= 4 is 29.1 Å². The molecule has 0 bridgehead atoms. The molecule has 0 atom stereocenters. The molecular weight excluding hydrogens is 338 g/mol. The molecule has 0 radical (unpaired) electrons. The summed E-state index contributed by atoms with van der Waals surface area (Å²) in [5.74, 6) is 0.210. The third-order valence-corrected chi connectivity index (χ3v) is 4.93. The first-order chi connectivity index (χ1) is 12.1. The van der Waals surface area contributed by atoms with Crippen LogP contribution in [-0.4, -0.2) is 42.9 Å². The van der Waals surface area contributed by atoms with Crippen molar-refractivity contribution in [2.45, 2.75) is 39.0 Å². The molecule has 0 aromatic heterocycles. The zero-order valence-corrected chi connectivity index (χ0v) is 15.6. The molecule has 0 spiro atoms. The smallest absolute Gasteiger partial charge is 0.241 e. The molecule has 25 heavy (non-hydrogen) atoms. The van der Waals surface area contributed by atoms with Gasteiger partial charge in [-0.3, -0.25) is 9.59 Å². The highest BCUT2D eigenvalue weighted by Crippen LogP contribution is 2.21. The van der Waals surface area contributed by atoms with Crippen molar-refractivity contribution in [3.63, 3.8) is 0 Å². The molecule has 0 aliphatic carbocycles. The lowest BCUT2D eigenvalue weighted by atomic mass is 9.96. The van der Waals surface area contributed by atoms with E-state index in [4.69, 9.17) is 11.6 Å². The van der Waals surface area contributed by atoms with E-state index in [1.807, 2.05) is 23.1 Å². The van der Waals surface area contributed by atoms with E-state index in [1.54, 1.807) is 6.07 Å². The number of nitrogens with zero attached hydrogens (tertiary/aromatic N) is 1. The topological polar surface area (TPSA) is 61.4 Å². The van der Waals surface area contributed by atoms with Crippen LogP contribution < -0.4 is 10.6 Å². The number of hydrogen-bond acceptors (Lipinski definition) is 3. The lowest BCUT2D eigenvalue weighted by molar-refractivity contribution is -0.134. The summed E-state index contributed by atoms with van der Waals surface area (Å²) in [5, 5.41) is 6.70. The van der Waals surface area contributed by atoms with Gasteiger partial charge in [-0.1, -0.05) is 43.5 Å². The fourth-order valence-electron chi connectivity index (χ4n) is 3.01. The Bertz CT molecular complexity index is 572. The Morgan fingerprint density at radius 1 is 1.20 bits per heavy atom. The molecule has 1 aromatic rings. The van der Waals surface area contributed by atoms with Gasteiger partial charge in [0.1, 0.15) is 0 Å². The Hall–Kier alpha value is -1.75. The van der Waals surface area contributed by atoms with Crippen molar-refractivity contribution in [1.29, 1.82) is 0 Å². The molecule has 1 heterocycles. The fraction of sp³-hybridized carbons (Fsp3) is 0.579. The van der Waals surface area contributed by atoms with Crippen LogP contribution in [0, 0.1) is 5.92 Å². The van der Waals surface area contributed by atoms with Crippen LogP contribution in [0.5, 0.6) is 0 Å². The zero-order valence-electron chi connectivity index (χ0n) is 14.9. The number of unbranched alkanes of at least 4 members (excludes halogenated alkanes) is 2. The van der Waals surface area contributed by atoms with Gasteiger partial charge in [0.2, 0.25) is 11.8 Å². The molecule has 0 unspecified atom stereocenters. The van der Waals surface area contributed by atoms with Crippen molar-refractivity contribution in [3.05, 3.63) is 29.3 Å². The van der Waals surface area contributed by atoms with Crippen LogP contribution in [0.2, 0.25) is 5.02 Å². The van der Waals surface area contributed by atoms with Gasteiger partial charge < -0.3 is 15.5 Å². The average molecular weight is 366 g/mol. The summed E-state index contributed by atoms with van der Waals surface area (Å²) in [5.41, 5.74) is 0.763. The second-order valence-electron chi connectivity index (χ2n) is 6.49. The molecule has 5 nitrogen and oxygen atoms in total. The molecule has 6 heteroatoms. The van der Waals surface area contributed by atoms with E-state index < -0.39 is 0 Å². The number of benzene rings is 1. The van der Waals surface area contributed by atoms with Crippen LogP contribution >= 0.6 is 11.6 Å². The van der Waals surface area contributed by atoms with Gasteiger partial charge in [0.15, 0.2) is 0 Å². The SMILES string of the molecule is CCCCCNC(=O)C1CCN(C(=O)CNc2ccccc2Cl)CC1. The largest absolute Gasteiger partial charge is 0.375 e. The Morgan fingerprint density at radius 3 is 2.60 bits per heavy atom. The summed E-state index contributed by atoms with van der Waals surface area (Å²) in [7, 11) is 0. The van der Waals surface area contributed by atoms with Gasteiger partial charge in [-0.2, -0.15) is 0 Å². The number of amides is 2. The number of para-hydroxylation sites is 1. The van der Waals surface area contributed by atoms with Crippen LogP contribution in [0.25, 0.3) is 0 Å². The summed E-state index contributed by atoms with van der Waals surface area (Å²) in [6.45, 7) is 4.40. The highest BCUT2D eigenvalue weighted by atomic mass is 35.5. The van der Waals surface area contributed by atoms with Crippen LogP contribution in [0.3, 0.4) is 0 Å². The Morgan fingerprint density at radius 2 is 1.92 bits per heavy atom. The first-order valence-corrected chi connectivity index (χ1v) is 9.53. The molecule has 1 saturated heterocycles. The van der Waals surface area contributed by atoms with E-state index in [2.05, 4.69) is 17.6 Å². The third-order valence-electron chi connectivity index (χ3n) is 4.60. The van der Waals surface area contributed by atoms with E-state index in [0.29, 0.717) is 18.1 Å². The van der Waals surface area contributed by atoms with Crippen molar-refractivity contribution in [3.8, 4) is 0 Å². The first-order valence-electron chi connectivity index (χ1n) is 9.15. The molecule has 2 amide bonds. The molecule has 2 rings (SSSR count). The standard InChI is InChI=1S/C19H28ClN3O2/c1-2-3-6-11-21-19(25)15-9-12-23(13-10-15)18(24)14-22-17-8-5-4-7-16(17)20/h4-5,7-8,15,22H,2-3,6,9-14H2,1H3,(H,21,25). The fourth-order valence-corrected chi connectivity index (χ4v) is 3.21. The predicted octanol–water partition coefficient (Wildman–Crippen LogP) is 3.30. The first kappa shape index (κ1) is 19.6. The van der Waals surface area contributed by atoms with Gasteiger partial charge in [-0.25, -0.2) is 0 Å². The van der Waals surface area contributed by atoms with Crippen molar-refractivity contribution in [2.24, 2.45) is 5.92 Å². The molecule has 1 aliphatic rings. The normalized spacial score (nSPS) is 15.0. The lowest BCUT2D eigenvalue weighted by Crippen LogP contribution is -2.44. The quantitative estimate of drug-likeness (QED) is 0.695. The van der Waals surface area contributed by atoms with Gasteiger partial charge >= 0.3 is 0 Å². The Kier molecular flexibility index (Phi) is 8.06. The summed E-state index contributed by atoms with van der Waals surface area (Å²) < 4.78 is 0. The highest BCUT2D eigenvalue weighted by molar-refractivity contribution is 6.33. The number of carbonyl (C=O) groups is 2. The van der Waals surface area contributed by atoms with Crippen LogP contribution in [0.1, 0.15) is 39.0 Å². The van der Waals surface area contributed by atoms with Gasteiger partial charge in [-0.15, -0.1) is 0 Å². The van der Waals surface area contributed by atoms with Gasteiger partial charge in [-0.05, 0) is 31.4 Å². The maximum absolute atomic E-state index is 12.3. The van der Waals surface area contributed by atoms with Crippen LogP contribution in [0.4, 0.5) is 5.69 Å². The van der Waals surface area contributed by atoms with E-state index in [1.165, 1.54) is 0 Å². The molecule has 1 aliphatic heterocycles. The van der Waals surface area contributed by atoms with Crippen LogP contribution in [-0.2, 0) is 9.59 Å². The van der Waals surface area contributed by atoms with Crippen LogP contribution in [0.15, 0.2) is 24.3 Å². The predicted molar refractivity (Wildman–Crippen MR) is 102 cm³/mol. The summed E-state index contributed by atoms with van der Waals surface area (Å²) in [6.07, 6.45) is 4.80. The second-order valence-corrected chi connectivity index (χ2v) is 6.89. The maximum Gasteiger partial charge on any atom is 0.241 e. The number of likely N-dealkylation sites (tertiary alicyclic amines) is 1. The average Bonchev–Trinajstić information content (AvgIpc) is 2.64. The Labute approximate surface area is 155 Å². The third kappa shape index (κ3) is 6.24.